The van der Waals surface area contributed by atoms with Gasteiger partial charge in [0.1, 0.15) is 4.32 Å². The minimum absolute atomic E-state index is 0.172. The van der Waals surface area contributed by atoms with Crippen LogP contribution in [0.2, 0.25) is 0 Å². The number of ether oxygens (including phenoxy) is 4. The zero-order valence-electron chi connectivity index (χ0n) is 22.3. The molecular formula is C30H28N2O6S2. The number of carbonyl (C=O) groups excluding carboxylic acids is 2. The summed E-state index contributed by atoms with van der Waals surface area (Å²) in [5.74, 6) is 1.82. The van der Waals surface area contributed by atoms with Crippen molar-refractivity contribution >= 4 is 51.9 Å². The van der Waals surface area contributed by atoms with Gasteiger partial charge in [0.2, 0.25) is 6.79 Å². The summed E-state index contributed by atoms with van der Waals surface area (Å²) in [5.41, 5.74) is 4.42. The number of hydrogen-bond donors (Lipinski definition) is 1. The number of fused-ring (bicyclic) bond motifs is 1. The molecule has 5 rings (SSSR count). The maximum absolute atomic E-state index is 13.2. The zero-order chi connectivity index (χ0) is 28.2. The third-order valence-corrected chi connectivity index (χ3v) is 7.62. The molecule has 206 valence electrons. The number of anilines is 1. The van der Waals surface area contributed by atoms with Crippen molar-refractivity contribution in [3.63, 3.8) is 0 Å². The molecule has 0 aromatic heterocycles. The van der Waals surface area contributed by atoms with Gasteiger partial charge < -0.3 is 24.3 Å². The topological polar surface area (TPSA) is 86.3 Å². The first-order valence-electron chi connectivity index (χ1n) is 12.7. The Kier molecular flexibility index (Phi) is 8.27. The molecule has 0 aliphatic carbocycles. The van der Waals surface area contributed by atoms with E-state index in [0.717, 1.165) is 27.9 Å². The summed E-state index contributed by atoms with van der Waals surface area (Å²) >= 11 is 6.76. The van der Waals surface area contributed by atoms with E-state index in [9.17, 15) is 9.59 Å². The second-order valence-electron chi connectivity index (χ2n) is 9.25. The highest BCUT2D eigenvalue weighted by atomic mass is 32.2. The van der Waals surface area contributed by atoms with E-state index in [1.54, 1.807) is 23.1 Å². The molecule has 0 bridgehead atoms. The van der Waals surface area contributed by atoms with Crippen LogP contribution < -0.4 is 24.3 Å². The molecule has 0 atom stereocenters. The minimum atomic E-state index is -0.272. The number of benzene rings is 3. The van der Waals surface area contributed by atoms with Crippen molar-refractivity contribution in [1.29, 1.82) is 0 Å². The number of carbonyl (C=O) groups is 2. The van der Waals surface area contributed by atoms with Gasteiger partial charge in [0, 0.05) is 5.69 Å². The van der Waals surface area contributed by atoms with E-state index in [1.807, 2.05) is 63.2 Å². The number of nitrogens with zero attached hydrogens (tertiary/aromatic N) is 1. The van der Waals surface area contributed by atoms with Gasteiger partial charge in [-0.25, -0.2) is 0 Å². The SMILES string of the molecule is CCOc1cc(/C=C2\SC(=S)N(Cc3ccc4c(c3)OCO4)C2=O)ccc1OCC(=O)Nc1cc(C)ccc1C. The molecule has 40 heavy (non-hydrogen) atoms. The predicted molar refractivity (Wildman–Crippen MR) is 159 cm³/mol. The lowest BCUT2D eigenvalue weighted by Gasteiger charge is -2.15. The second kappa shape index (κ2) is 12.0. The van der Waals surface area contributed by atoms with E-state index in [0.29, 0.717) is 45.4 Å². The van der Waals surface area contributed by atoms with Gasteiger partial charge in [0.15, 0.2) is 29.6 Å². The fraction of sp³-hybridized carbons (Fsp3) is 0.233. The van der Waals surface area contributed by atoms with Gasteiger partial charge in [-0.15, -0.1) is 0 Å². The third kappa shape index (κ3) is 6.24. The largest absolute Gasteiger partial charge is 0.490 e. The number of nitrogens with one attached hydrogen (secondary N) is 1. The van der Waals surface area contributed by atoms with Gasteiger partial charge >= 0.3 is 0 Å². The molecule has 0 radical (unpaired) electrons. The summed E-state index contributed by atoms with van der Waals surface area (Å²) < 4.78 is 22.9. The Bertz CT molecular complexity index is 1520. The van der Waals surface area contributed by atoms with Crippen LogP contribution in [0, 0.1) is 13.8 Å². The average molecular weight is 577 g/mol. The van der Waals surface area contributed by atoms with Crippen LogP contribution in [0.4, 0.5) is 5.69 Å². The highest BCUT2D eigenvalue weighted by Gasteiger charge is 2.32. The molecule has 8 nitrogen and oxygen atoms in total. The van der Waals surface area contributed by atoms with Crippen LogP contribution in [0.15, 0.2) is 59.5 Å². The van der Waals surface area contributed by atoms with E-state index in [2.05, 4.69) is 5.32 Å². The number of thioether (sulfide) groups is 1. The highest BCUT2D eigenvalue weighted by Crippen LogP contribution is 2.37. The first-order valence-corrected chi connectivity index (χ1v) is 13.9. The van der Waals surface area contributed by atoms with Crippen molar-refractivity contribution in [2.75, 3.05) is 25.3 Å². The van der Waals surface area contributed by atoms with Crippen molar-refractivity contribution in [2.45, 2.75) is 27.3 Å². The molecule has 0 saturated carbocycles. The third-order valence-electron chi connectivity index (χ3n) is 6.24. The number of rotatable bonds is 9. The summed E-state index contributed by atoms with van der Waals surface area (Å²) in [7, 11) is 0. The smallest absolute Gasteiger partial charge is 0.266 e. The maximum atomic E-state index is 13.2. The Morgan fingerprint density at radius 1 is 1.05 bits per heavy atom. The summed E-state index contributed by atoms with van der Waals surface area (Å²) in [5, 5.41) is 2.89. The van der Waals surface area contributed by atoms with Gasteiger partial charge in [-0.1, -0.05) is 48.2 Å². The van der Waals surface area contributed by atoms with Crippen LogP contribution in [-0.2, 0) is 16.1 Å². The Morgan fingerprint density at radius 2 is 1.88 bits per heavy atom. The van der Waals surface area contributed by atoms with Gasteiger partial charge in [0.05, 0.1) is 18.1 Å². The zero-order valence-corrected chi connectivity index (χ0v) is 23.9. The summed E-state index contributed by atoms with van der Waals surface area (Å²) in [6.45, 7) is 6.53. The Morgan fingerprint density at radius 3 is 2.70 bits per heavy atom. The lowest BCUT2D eigenvalue weighted by Crippen LogP contribution is -2.27. The van der Waals surface area contributed by atoms with Crippen LogP contribution >= 0.6 is 24.0 Å². The standard InChI is InChI=1S/C30H28N2O6S2/c1-4-35-25-12-20(7-9-23(25)36-16-28(33)31-22-11-18(2)5-6-19(22)3)14-27-29(34)32(30(39)40-27)15-21-8-10-24-26(13-21)38-17-37-24/h5-14H,4,15-17H2,1-3H3,(H,31,33)/b27-14-. The molecule has 3 aromatic carbocycles. The summed E-state index contributed by atoms with van der Waals surface area (Å²) in [4.78, 5) is 27.8. The molecule has 0 spiro atoms. The Hall–Kier alpha value is -4.02. The fourth-order valence-corrected chi connectivity index (χ4v) is 5.47. The maximum Gasteiger partial charge on any atom is 0.266 e. The first-order chi connectivity index (χ1) is 19.3. The van der Waals surface area contributed by atoms with Gasteiger partial charge in [-0.3, -0.25) is 14.5 Å². The van der Waals surface area contributed by atoms with Gasteiger partial charge in [-0.05, 0) is 79.4 Å². The molecule has 2 amide bonds. The number of aryl methyl sites for hydroxylation is 2. The van der Waals surface area contributed by atoms with Crippen molar-refractivity contribution < 1.29 is 28.5 Å². The van der Waals surface area contributed by atoms with Crippen molar-refractivity contribution in [1.82, 2.24) is 4.90 Å². The molecule has 2 aliphatic rings. The van der Waals surface area contributed by atoms with E-state index >= 15 is 0 Å². The van der Waals surface area contributed by atoms with Crippen molar-refractivity contribution in [3.8, 4) is 23.0 Å². The summed E-state index contributed by atoms with van der Waals surface area (Å²) in [6.07, 6.45) is 1.78. The van der Waals surface area contributed by atoms with Gasteiger partial charge in [0.25, 0.3) is 11.8 Å². The van der Waals surface area contributed by atoms with Gasteiger partial charge in [-0.2, -0.15) is 0 Å². The van der Waals surface area contributed by atoms with Crippen molar-refractivity contribution in [3.05, 3.63) is 81.8 Å². The molecule has 10 heteroatoms. The molecule has 1 saturated heterocycles. The van der Waals surface area contributed by atoms with Crippen LogP contribution in [0.25, 0.3) is 6.08 Å². The minimum Gasteiger partial charge on any atom is -0.490 e. The first kappa shape index (κ1) is 27.5. The number of amides is 2. The Balaban J connectivity index is 1.26. The van der Waals surface area contributed by atoms with Crippen LogP contribution in [0.5, 0.6) is 23.0 Å². The second-order valence-corrected chi connectivity index (χ2v) is 10.9. The lowest BCUT2D eigenvalue weighted by atomic mass is 10.1. The van der Waals surface area contributed by atoms with Crippen molar-refractivity contribution in [2.24, 2.45) is 0 Å². The fourth-order valence-electron chi connectivity index (χ4n) is 4.21. The molecule has 2 heterocycles. The van der Waals surface area contributed by atoms with Crippen LogP contribution in [0.1, 0.15) is 29.2 Å². The van der Waals surface area contributed by atoms with E-state index in [-0.39, 0.29) is 25.2 Å². The molecule has 2 aliphatic heterocycles. The molecular weight excluding hydrogens is 548 g/mol. The summed E-state index contributed by atoms with van der Waals surface area (Å²) in [6, 6.07) is 16.8. The molecule has 1 fully saturated rings. The quantitative estimate of drug-likeness (QED) is 0.251. The predicted octanol–water partition coefficient (Wildman–Crippen LogP) is 5.85. The van der Waals surface area contributed by atoms with Crippen LogP contribution in [-0.4, -0.2) is 41.0 Å². The highest BCUT2D eigenvalue weighted by molar-refractivity contribution is 8.26. The average Bonchev–Trinajstić information content (AvgIpc) is 3.50. The van der Waals surface area contributed by atoms with Crippen LogP contribution in [0.3, 0.4) is 0 Å². The number of thiocarbonyl (C=S) groups is 1. The lowest BCUT2D eigenvalue weighted by molar-refractivity contribution is -0.122. The van der Waals surface area contributed by atoms with E-state index in [4.69, 9.17) is 31.2 Å². The monoisotopic (exact) mass is 576 g/mol. The normalized spacial score (nSPS) is 15.1. The van der Waals surface area contributed by atoms with E-state index in [1.165, 1.54) is 11.8 Å². The molecule has 0 unspecified atom stereocenters. The molecule has 3 aromatic rings. The number of hydrogen-bond acceptors (Lipinski definition) is 8. The Labute approximate surface area is 242 Å². The van der Waals surface area contributed by atoms with E-state index < -0.39 is 0 Å². The molecule has 1 N–H and O–H groups in total.